The van der Waals surface area contributed by atoms with Gasteiger partial charge in [0.15, 0.2) is 6.10 Å². The Bertz CT molecular complexity index is 648. The quantitative estimate of drug-likeness (QED) is 0.904. The lowest BCUT2D eigenvalue weighted by Gasteiger charge is -2.22. The minimum absolute atomic E-state index is 0.0187. The summed E-state index contributed by atoms with van der Waals surface area (Å²) in [5.41, 5.74) is 5.97. The number of benzene rings is 1. The predicted octanol–water partition coefficient (Wildman–Crippen LogP) is 1.74. The molecular weight excluding hydrogens is 290 g/mol. The van der Waals surface area contributed by atoms with E-state index in [9.17, 15) is 0 Å². The summed E-state index contributed by atoms with van der Waals surface area (Å²) in [6, 6.07) is 7.88. The second-order valence-corrected chi connectivity index (χ2v) is 6.22. The van der Waals surface area contributed by atoms with E-state index in [1.807, 2.05) is 24.3 Å². The molecule has 2 N–H and O–H groups in total. The molecule has 1 saturated heterocycles. The Labute approximate surface area is 126 Å². The second kappa shape index (κ2) is 5.32. The third-order valence-electron chi connectivity index (χ3n) is 3.70. The first-order valence-corrected chi connectivity index (χ1v) is 7.85. The molecule has 2 aliphatic rings. The van der Waals surface area contributed by atoms with Crippen LogP contribution in [-0.4, -0.2) is 35.1 Å². The van der Waals surface area contributed by atoms with Gasteiger partial charge in [-0.25, -0.2) is 0 Å². The van der Waals surface area contributed by atoms with Crippen LogP contribution in [0, 0.1) is 0 Å². The van der Waals surface area contributed by atoms with E-state index in [0.717, 1.165) is 16.4 Å². The summed E-state index contributed by atoms with van der Waals surface area (Å²) >= 11 is 1.74. The number of para-hydroxylation sites is 1. The summed E-state index contributed by atoms with van der Waals surface area (Å²) in [6.07, 6.45) is -0.194. The van der Waals surface area contributed by atoms with Crippen molar-refractivity contribution < 1.29 is 14.0 Å². The van der Waals surface area contributed by atoms with Crippen LogP contribution in [-0.2, 0) is 4.74 Å². The van der Waals surface area contributed by atoms with E-state index in [2.05, 4.69) is 10.1 Å². The molecule has 0 bridgehead atoms. The average molecular weight is 305 g/mol. The molecule has 0 amide bonds. The first-order chi connectivity index (χ1) is 10.3. The molecule has 3 unspecified atom stereocenters. The first kappa shape index (κ1) is 13.1. The molecule has 1 aromatic heterocycles. The number of rotatable bonds is 2. The minimum Gasteiger partial charge on any atom is -0.480 e. The molecule has 0 aliphatic carbocycles. The van der Waals surface area contributed by atoms with Crippen molar-refractivity contribution in [2.24, 2.45) is 5.73 Å². The Hall–Kier alpha value is -1.57. The van der Waals surface area contributed by atoms with Crippen molar-refractivity contribution in [1.82, 2.24) is 10.1 Å². The summed E-state index contributed by atoms with van der Waals surface area (Å²) in [5, 5.41) is 4.06. The molecule has 21 heavy (non-hydrogen) atoms. The van der Waals surface area contributed by atoms with Crippen LogP contribution in [0.4, 0.5) is 0 Å². The molecule has 1 fully saturated rings. The number of nitrogens with zero attached hydrogens (tertiary/aromatic N) is 2. The maximum atomic E-state index is 5.97. The highest BCUT2D eigenvalue weighted by molar-refractivity contribution is 7.99. The van der Waals surface area contributed by atoms with Gasteiger partial charge in [0.1, 0.15) is 5.75 Å². The van der Waals surface area contributed by atoms with Gasteiger partial charge < -0.3 is 19.7 Å². The van der Waals surface area contributed by atoms with Crippen LogP contribution in [0.15, 0.2) is 33.7 Å². The van der Waals surface area contributed by atoms with Crippen LogP contribution >= 0.6 is 11.8 Å². The van der Waals surface area contributed by atoms with E-state index in [1.165, 1.54) is 0 Å². The van der Waals surface area contributed by atoms with Crippen LogP contribution in [0.1, 0.15) is 23.7 Å². The van der Waals surface area contributed by atoms with Gasteiger partial charge in [-0.2, -0.15) is 4.98 Å². The molecule has 4 rings (SSSR count). The smallest absolute Gasteiger partial charge is 0.233 e. The third-order valence-corrected chi connectivity index (χ3v) is 4.81. The van der Waals surface area contributed by atoms with Gasteiger partial charge in [-0.3, -0.25) is 0 Å². The molecule has 0 radical (unpaired) electrons. The highest BCUT2D eigenvalue weighted by atomic mass is 32.2. The van der Waals surface area contributed by atoms with E-state index in [0.29, 0.717) is 24.9 Å². The standard InChI is InChI=1S/C14H15N3O3S/c15-9-6-18-5-8(9)14-16-13(17-20-14)11-7-21-12-4-2-1-3-10(12)19-11/h1-4,8-9,11H,5-7,15H2. The van der Waals surface area contributed by atoms with Gasteiger partial charge in [0.25, 0.3) is 0 Å². The van der Waals surface area contributed by atoms with E-state index >= 15 is 0 Å². The van der Waals surface area contributed by atoms with Gasteiger partial charge in [-0.1, -0.05) is 17.3 Å². The average Bonchev–Trinajstić information content (AvgIpc) is 3.15. The Morgan fingerprint density at radius 1 is 1.24 bits per heavy atom. The summed E-state index contributed by atoms with van der Waals surface area (Å²) in [6.45, 7) is 1.07. The number of ether oxygens (including phenoxy) is 2. The Morgan fingerprint density at radius 2 is 2.14 bits per heavy atom. The normalized spacial score (nSPS) is 28.1. The molecule has 3 atom stereocenters. The van der Waals surface area contributed by atoms with Gasteiger partial charge in [-0.15, -0.1) is 11.8 Å². The lowest BCUT2D eigenvalue weighted by Crippen LogP contribution is -2.27. The lowest BCUT2D eigenvalue weighted by molar-refractivity contribution is 0.186. The van der Waals surface area contributed by atoms with Crippen LogP contribution in [0.25, 0.3) is 0 Å². The molecule has 2 aliphatic heterocycles. The van der Waals surface area contributed by atoms with Crippen molar-refractivity contribution in [3.63, 3.8) is 0 Å². The van der Waals surface area contributed by atoms with Crippen LogP contribution in [0.5, 0.6) is 5.75 Å². The fourth-order valence-corrected chi connectivity index (χ4v) is 3.48. The molecule has 0 saturated carbocycles. The molecule has 0 spiro atoms. The summed E-state index contributed by atoms with van der Waals surface area (Å²) in [4.78, 5) is 5.61. The summed E-state index contributed by atoms with van der Waals surface area (Å²) in [7, 11) is 0. The molecule has 110 valence electrons. The summed E-state index contributed by atoms with van der Waals surface area (Å²) < 4.78 is 16.6. The number of hydrogen-bond donors (Lipinski definition) is 1. The number of fused-ring (bicyclic) bond motifs is 1. The maximum absolute atomic E-state index is 5.97. The van der Waals surface area contributed by atoms with E-state index in [-0.39, 0.29) is 18.1 Å². The monoisotopic (exact) mass is 305 g/mol. The highest BCUT2D eigenvalue weighted by Gasteiger charge is 2.33. The second-order valence-electron chi connectivity index (χ2n) is 5.16. The highest BCUT2D eigenvalue weighted by Crippen LogP contribution is 2.39. The lowest BCUT2D eigenvalue weighted by atomic mass is 10.1. The number of thioether (sulfide) groups is 1. The SMILES string of the molecule is NC1COCC1c1nc(C2CSc3ccccc3O2)no1. The fourth-order valence-electron chi connectivity index (χ4n) is 2.50. The topological polar surface area (TPSA) is 83.4 Å². The minimum atomic E-state index is -0.194. The molecule has 2 aromatic rings. The van der Waals surface area contributed by atoms with Gasteiger partial charge in [0, 0.05) is 16.7 Å². The summed E-state index contributed by atoms with van der Waals surface area (Å²) in [5.74, 6) is 2.73. The Balaban J connectivity index is 1.54. The van der Waals surface area contributed by atoms with E-state index in [4.69, 9.17) is 19.7 Å². The van der Waals surface area contributed by atoms with Gasteiger partial charge in [-0.05, 0) is 12.1 Å². The molecule has 6 nitrogen and oxygen atoms in total. The Kier molecular flexibility index (Phi) is 3.33. The first-order valence-electron chi connectivity index (χ1n) is 6.86. The van der Waals surface area contributed by atoms with Crippen molar-refractivity contribution in [1.29, 1.82) is 0 Å². The zero-order valence-corrected chi connectivity index (χ0v) is 12.1. The Morgan fingerprint density at radius 3 is 3.00 bits per heavy atom. The number of aromatic nitrogens is 2. The van der Waals surface area contributed by atoms with Crippen LogP contribution < -0.4 is 10.5 Å². The maximum Gasteiger partial charge on any atom is 0.233 e. The number of nitrogens with two attached hydrogens (primary N) is 1. The molecular formula is C14H15N3O3S. The van der Waals surface area contributed by atoms with Gasteiger partial charge in [0.05, 0.1) is 19.1 Å². The van der Waals surface area contributed by atoms with Gasteiger partial charge >= 0.3 is 0 Å². The third kappa shape index (κ3) is 2.41. The molecule has 7 heteroatoms. The van der Waals surface area contributed by atoms with Crippen molar-refractivity contribution in [3.05, 3.63) is 36.0 Å². The van der Waals surface area contributed by atoms with Crippen molar-refractivity contribution >= 4 is 11.8 Å². The van der Waals surface area contributed by atoms with E-state index in [1.54, 1.807) is 11.8 Å². The van der Waals surface area contributed by atoms with Crippen LogP contribution in [0.2, 0.25) is 0 Å². The zero-order chi connectivity index (χ0) is 14.2. The van der Waals surface area contributed by atoms with Crippen molar-refractivity contribution in [3.8, 4) is 5.75 Å². The fraction of sp³-hybridized carbons (Fsp3) is 0.429. The van der Waals surface area contributed by atoms with E-state index < -0.39 is 0 Å². The predicted molar refractivity (Wildman–Crippen MR) is 76.4 cm³/mol. The van der Waals surface area contributed by atoms with Crippen LogP contribution in [0.3, 0.4) is 0 Å². The van der Waals surface area contributed by atoms with Crippen molar-refractivity contribution in [2.75, 3.05) is 19.0 Å². The largest absolute Gasteiger partial charge is 0.480 e. The molecule has 3 heterocycles. The molecule has 1 aromatic carbocycles. The number of hydrogen-bond acceptors (Lipinski definition) is 7. The van der Waals surface area contributed by atoms with Gasteiger partial charge in [0.2, 0.25) is 11.7 Å². The zero-order valence-electron chi connectivity index (χ0n) is 11.3. The van der Waals surface area contributed by atoms with Crippen molar-refractivity contribution in [2.45, 2.75) is 23.0 Å².